The lowest BCUT2D eigenvalue weighted by atomic mass is 9.86. The average molecular weight is 473 g/mol. The number of ether oxygens (including phenoxy) is 3. The number of fused-ring (bicyclic) bond motifs is 3. The molecule has 34 heavy (non-hydrogen) atoms. The topological polar surface area (TPSA) is 70.4 Å². The molecule has 0 radical (unpaired) electrons. The number of thiophene rings is 1. The number of hydrogen-bond acceptors (Lipinski definition) is 7. The lowest BCUT2D eigenvalue weighted by Gasteiger charge is -2.38. The van der Waals surface area contributed by atoms with Gasteiger partial charge in [0.05, 0.1) is 19.4 Å². The zero-order valence-corrected chi connectivity index (χ0v) is 19.9. The number of anilines is 1. The maximum Gasteiger partial charge on any atom is 0.226 e. The van der Waals surface area contributed by atoms with Gasteiger partial charge in [-0.15, -0.1) is 11.3 Å². The van der Waals surface area contributed by atoms with Crippen LogP contribution in [0.4, 0.5) is 5.95 Å². The molecule has 0 bridgehead atoms. The van der Waals surface area contributed by atoms with Gasteiger partial charge in [-0.3, -0.25) is 0 Å². The summed E-state index contributed by atoms with van der Waals surface area (Å²) in [6, 6.07) is 16.3. The van der Waals surface area contributed by atoms with E-state index in [1.54, 1.807) is 24.8 Å². The van der Waals surface area contributed by atoms with E-state index in [0.29, 0.717) is 18.1 Å². The maximum absolute atomic E-state index is 6.71. The molecule has 0 aliphatic carbocycles. The lowest BCUT2D eigenvalue weighted by Crippen LogP contribution is -2.32. The second-order valence-electron chi connectivity index (χ2n) is 8.24. The van der Waals surface area contributed by atoms with E-state index >= 15 is 0 Å². The van der Waals surface area contributed by atoms with Gasteiger partial charge < -0.3 is 19.5 Å². The standard InChI is InChI=1S/C26H24N4O3S/c1-4-32-19-10-8-16(13-20(19)31-3)25-22-23(17-12-15(2)7-9-18(17)33-25)29-26-27-14-28-30(26)24(22)21-6-5-11-34-21/h5-14,24-25H,4H2,1-3H3,(H,27,28,29)/t24-,25-/m1/s1. The second-order valence-corrected chi connectivity index (χ2v) is 9.22. The van der Waals surface area contributed by atoms with Crippen LogP contribution in [0, 0.1) is 6.92 Å². The molecular formula is C26H24N4O3S. The molecule has 7 nitrogen and oxygen atoms in total. The van der Waals surface area contributed by atoms with Crippen molar-refractivity contribution in [2.24, 2.45) is 0 Å². The molecule has 0 fully saturated rings. The minimum Gasteiger partial charge on any atom is -0.493 e. The third kappa shape index (κ3) is 3.25. The van der Waals surface area contributed by atoms with E-state index in [9.17, 15) is 0 Å². The molecule has 2 aromatic heterocycles. The van der Waals surface area contributed by atoms with Gasteiger partial charge >= 0.3 is 0 Å². The molecule has 2 aliphatic heterocycles. The summed E-state index contributed by atoms with van der Waals surface area (Å²) in [6.45, 7) is 4.62. The first-order valence-corrected chi connectivity index (χ1v) is 12.1. The monoisotopic (exact) mass is 472 g/mol. The Bertz CT molecular complexity index is 1390. The quantitative estimate of drug-likeness (QED) is 0.407. The highest BCUT2D eigenvalue weighted by Crippen LogP contribution is 2.52. The van der Waals surface area contributed by atoms with E-state index < -0.39 is 0 Å². The van der Waals surface area contributed by atoms with E-state index in [0.717, 1.165) is 39.7 Å². The van der Waals surface area contributed by atoms with Crippen LogP contribution in [0.25, 0.3) is 5.70 Å². The predicted molar refractivity (Wildman–Crippen MR) is 132 cm³/mol. The fourth-order valence-electron chi connectivity index (χ4n) is 4.70. The Labute approximate surface area is 201 Å². The smallest absolute Gasteiger partial charge is 0.226 e. The summed E-state index contributed by atoms with van der Waals surface area (Å²) in [7, 11) is 1.66. The van der Waals surface area contributed by atoms with E-state index in [1.165, 1.54) is 4.88 Å². The van der Waals surface area contributed by atoms with Gasteiger partial charge in [0.15, 0.2) is 11.5 Å². The summed E-state index contributed by atoms with van der Waals surface area (Å²) < 4.78 is 20.1. The molecule has 2 aliphatic rings. The van der Waals surface area contributed by atoms with Crippen LogP contribution in [0.3, 0.4) is 0 Å². The summed E-state index contributed by atoms with van der Waals surface area (Å²) in [5.41, 5.74) is 5.27. The number of benzene rings is 2. The van der Waals surface area contributed by atoms with Gasteiger partial charge in [-0.1, -0.05) is 23.8 Å². The third-order valence-electron chi connectivity index (χ3n) is 6.17. The number of methoxy groups -OCH3 is 1. The minimum atomic E-state index is -0.355. The number of nitrogens with zero attached hydrogens (tertiary/aromatic N) is 3. The first-order chi connectivity index (χ1) is 16.7. The van der Waals surface area contributed by atoms with Crippen molar-refractivity contribution in [1.29, 1.82) is 0 Å². The Balaban J connectivity index is 1.58. The molecule has 4 aromatic rings. The van der Waals surface area contributed by atoms with Gasteiger partial charge in [-0.25, -0.2) is 4.68 Å². The zero-order chi connectivity index (χ0) is 23.2. The van der Waals surface area contributed by atoms with Crippen molar-refractivity contribution >= 4 is 23.0 Å². The van der Waals surface area contributed by atoms with Crippen LogP contribution >= 0.6 is 11.3 Å². The summed E-state index contributed by atoms with van der Waals surface area (Å²) in [6.07, 6.45) is 1.24. The summed E-state index contributed by atoms with van der Waals surface area (Å²) in [5, 5.41) is 10.2. The molecule has 0 spiro atoms. The molecule has 1 N–H and O–H groups in total. The van der Waals surface area contributed by atoms with E-state index in [2.05, 4.69) is 52.0 Å². The fraction of sp³-hybridized carbons (Fsp3) is 0.231. The van der Waals surface area contributed by atoms with Gasteiger partial charge in [0.25, 0.3) is 0 Å². The van der Waals surface area contributed by atoms with Crippen molar-refractivity contribution in [1.82, 2.24) is 14.8 Å². The van der Waals surface area contributed by atoms with Crippen LogP contribution < -0.4 is 19.5 Å². The van der Waals surface area contributed by atoms with Crippen molar-refractivity contribution in [3.63, 3.8) is 0 Å². The van der Waals surface area contributed by atoms with Crippen molar-refractivity contribution in [3.8, 4) is 17.2 Å². The largest absolute Gasteiger partial charge is 0.493 e. The van der Waals surface area contributed by atoms with Crippen LogP contribution in [-0.4, -0.2) is 28.5 Å². The molecule has 0 saturated heterocycles. The molecule has 172 valence electrons. The van der Waals surface area contributed by atoms with Crippen LogP contribution in [0.5, 0.6) is 17.2 Å². The molecule has 0 saturated carbocycles. The van der Waals surface area contributed by atoms with Gasteiger partial charge in [-0.05, 0) is 49.6 Å². The van der Waals surface area contributed by atoms with E-state index in [1.807, 2.05) is 35.9 Å². The second kappa shape index (κ2) is 8.22. The van der Waals surface area contributed by atoms with Gasteiger partial charge in [0.2, 0.25) is 5.95 Å². The van der Waals surface area contributed by atoms with Crippen LogP contribution in [0.1, 0.15) is 40.6 Å². The highest BCUT2D eigenvalue weighted by molar-refractivity contribution is 7.10. The molecule has 2 aromatic carbocycles. The normalized spacial score (nSPS) is 18.3. The van der Waals surface area contributed by atoms with Crippen LogP contribution in [-0.2, 0) is 0 Å². The molecule has 4 heterocycles. The van der Waals surface area contributed by atoms with Gasteiger partial charge in [-0.2, -0.15) is 10.1 Å². The molecular weight excluding hydrogens is 448 g/mol. The number of aromatic nitrogens is 3. The molecule has 0 amide bonds. The van der Waals surface area contributed by atoms with E-state index in [4.69, 9.17) is 14.2 Å². The Morgan fingerprint density at radius 3 is 2.85 bits per heavy atom. The lowest BCUT2D eigenvalue weighted by molar-refractivity contribution is 0.222. The van der Waals surface area contributed by atoms with Crippen molar-refractivity contribution < 1.29 is 14.2 Å². The first-order valence-electron chi connectivity index (χ1n) is 11.2. The zero-order valence-electron chi connectivity index (χ0n) is 19.1. The summed E-state index contributed by atoms with van der Waals surface area (Å²) in [5.74, 6) is 2.93. The number of nitrogens with one attached hydrogen (secondary N) is 1. The Morgan fingerprint density at radius 2 is 2.06 bits per heavy atom. The average Bonchev–Trinajstić information content (AvgIpc) is 3.55. The van der Waals surface area contributed by atoms with Crippen molar-refractivity contribution in [3.05, 3.63) is 87.4 Å². The molecule has 0 unspecified atom stereocenters. The number of rotatable bonds is 5. The Kier molecular flexibility index (Phi) is 5.03. The highest BCUT2D eigenvalue weighted by atomic mass is 32.1. The highest BCUT2D eigenvalue weighted by Gasteiger charge is 2.41. The van der Waals surface area contributed by atoms with E-state index in [-0.39, 0.29) is 12.1 Å². The van der Waals surface area contributed by atoms with Crippen LogP contribution in [0.15, 0.2) is 65.8 Å². The SMILES string of the molecule is CCOc1ccc([C@H]2Oc3ccc(C)cc3C3=C2[C@@H](c2cccs2)n2ncnc2N3)cc1OC. The summed E-state index contributed by atoms with van der Waals surface area (Å²) in [4.78, 5) is 5.66. The van der Waals surface area contributed by atoms with Crippen molar-refractivity contribution in [2.45, 2.75) is 26.0 Å². The summed E-state index contributed by atoms with van der Waals surface area (Å²) >= 11 is 1.70. The van der Waals surface area contributed by atoms with Gasteiger partial charge in [0.1, 0.15) is 24.2 Å². The first kappa shape index (κ1) is 20.8. The van der Waals surface area contributed by atoms with Crippen molar-refractivity contribution in [2.75, 3.05) is 19.0 Å². The van der Waals surface area contributed by atoms with Gasteiger partial charge in [0, 0.05) is 21.6 Å². The maximum atomic E-state index is 6.71. The molecule has 8 heteroatoms. The molecule has 2 atom stereocenters. The fourth-order valence-corrected chi connectivity index (χ4v) is 5.53. The number of aryl methyl sites for hydroxylation is 1. The number of hydrogen-bond donors (Lipinski definition) is 1. The molecule has 6 rings (SSSR count). The third-order valence-corrected chi connectivity index (χ3v) is 7.10. The van der Waals surface area contributed by atoms with Crippen LogP contribution in [0.2, 0.25) is 0 Å². The predicted octanol–water partition coefficient (Wildman–Crippen LogP) is 5.62. The minimum absolute atomic E-state index is 0.148. The Morgan fingerprint density at radius 1 is 1.15 bits per heavy atom. The Hall–Kier alpha value is -3.78.